The van der Waals surface area contributed by atoms with Crippen molar-refractivity contribution in [3.63, 3.8) is 0 Å². The van der Waals surface area contributed by atoms with Crippen molar-refractivity contribution in [3.05, 3.63) is 127 Å². The Balaban J connectivity index is 1.31. The summed E-state index contributed by atoms with van der Waals surface area (Å²) in [5.74, 6) is 0. The molecule has 0 N–H and O–H groups in total. The molecule has 6 aromatic carbocycles. The Morgan fingerprint density at radius 1 is 0.385 bits per heavy atom. The smallest absolute Gasteiger partial charge is 0.0541 e. The van der Waals surface area contributed by atoms with Crippen LogP contribution in [0.3, 0.4) is 0 Å². The fourth-order valence-electron chi connectivity index (χ4n) is 6.30. The predicted molar refractivity (Wildman–Crippen MR) is 172 cm³/mol. The number of hydrogen-bond acceptors (Lipinski definition) is 2. The first kappa shape index (κ1) is 21.5. The second-order valence-corrected chi connectivity index (χ2v) is 12.2. The third kappa shape index (κ3) is 3.00. The van der Waals surface area contributed by atoms with Crippen LogP contribution in [0.5, 0.6) is 0 Å². The number of hydrogen-bond donors (Lipinski definition) is 0. The van der Waals surface area contributed by atoms with Gasteiger partial charge >= 0.3 is 0 Å². The van der Waals surface area contributed by atoms with Gasteiger partial charge in [0.1, 0.15) is 0 Å². The lowest BCUT2D eigenvalue weighted by Crippen LogP contribution is -1.93. The highest BCUT2D eigenvalue weighted by Gasteiger charge is 2.17. The molecular formula is C36H21NS2. The zero-order valence-corrected chi connectivity index (χ0v) is 22.5. The van der Waals surface area contributed by atoms with Gasteiger partial charge in [0.25, 0.3) is 0 Å². The van der Waals surface area contributed by atoms with E-state index in [9.17, 15) is 0 Å². The number of aromatic nitrogens is 1. The van der Waals surface area contributed by atoms with Crippen LogP contribution in [-0.2, 0) is 0 Å². The molecule has 9 rings (SSSR count). The monoisotopic (exact) mass is 531 g/mol. The number of nitrogens with zero attached hydrogens (tertiary/aromatic N) is 1. The van der Waals surface area contributed by atoms with Gasteiger partial charge < -0.3 is 4.57 Å². The standard InChI is InChI=1S/C36H21NS2/c1-4-16-31-23(9-1)24-10-2-5-17-32(24)37(31)22-19-20-34-30(21-22)29-15-8-14-28(36(29)39-34)27-13-7-12-26-25-11-3-6-18-33(25)38-35(26)27/h1-21H. The number of fused-ring (bicyclic) bond motifs is 9. The van der Waals surface area contributed by atoms with Crippen LogP contribution in [-0.4, -0.2) is 4.57 Å². The van der Waals surface area contributed by atoms with Crippen LogP contribution < -0.4 is 0 Å². The molecule has 0 saturated heterocycles. The van der Waals surface area contributed by atoms with Crippen LogP contribution in [0, 0.1) is 0 Å². The maximum Gasteiger partial charge on any atom is 0.0541 e. The average molecular weight is 532 g/mol. The summed E-state index contributed by atoms with van der Waals surface area (Å²) in [7, 11) is 0. The molecule has 0 aliphatic heterocycles. The summed E-state index contributed by atoms with van der Waals surface area (Å²) in [6, 6.07) is 46.8. The van der Waals surface area contributed by atoms with E-state index in [1.165, 1.54) is 79.0 Å². The number of para-hydroxylation sites is 2. The van der Waals surface area contributed by atoms with E-state index in [4.69, 9.17) is 0 Å². The molecule has 0 radical (unpaired) electrons. The molecule has 0 unspecified atom stereocenters. The Kier molecular flexibility index (Phi) is 4.43. The maximum atomic E-state index is 2.41. The van der Waals surface area contributed by atoms with E-state index in [0.29, 0.717) is 0 Å². The van der Waals surface area contributed by atoms with Gasteiger partial charge in [-0.1, -0.05) is 91.0 Å². The summed E-state index contributed by atoms with van der Waals surface area (Å²) in [6.07, 6.45) is 0. The van der Waals surface area contributed by atoms with Crippen LogP contribution >= 0.6 is 22.7 Å². The molecule has 0 atom stereocenters. The van der Waals surface area contributed by atoms with E-state index in [1.807, 2.05) is 22.7 Å². The Bertz CT molecular complexity index is 2350. The van der Waals surface area contributed by atoms with Gasteiger partial charge in [-0.05, 0) is 36.4 Å². The molecule has 3 heteroatoms. The van der Waals surface area contributed by atoms with Gasteiger partial charge in [0.05, 0.1) is 11.0 Å². The van der Waals surface area contributed by atoms with Gasteiger partial charge in [0, 0.05) is 67.9 Å². The first-order valence-corrected chi connectivity index (χ1v) is 14.8. The quantitative estimate of drug-likeness (QED) is 0.209. The minimum Gasteiger partial charge on any atom is -0.309 e. The highest BCUT2D eigenvalue weighted by Crippen LogP contribution is 2.45. The normalized spacial score (nSPS) is 12.1. The molecule has 1 nitrogen and oxygen atoms in total. The lowest BCUT2D eigenvalue weighted by atomic mass is 10.0. The summed E-state index contributed by atoms with van der Waals surface area (Å²) >= 11 is 3.81. The zero-order chi connectivity index (χ0) is 25.5. The molecule has 0 spiro atoms. The van der Waals surface area contributed by atoms with Gasteiger partial charge in [-0.15, -0.1) is 22.7 Å². The molecule has 0 aliphatic rings. The Morgan fingerprint density at radius 3 is 1.56 bits per heavy atom. The molecule has 0 fully saturated rings. The van der Waals surface area contributed by atoms with Crippen LogP contribution in [0.15, 0.2) is 127 Å². The minimum absolute atomic E-state index is 1.21. The third-order valence-electron chi connectivity index (χ3n) is 8.01. The lowest BCUT2D eigenvalue weighted by molar-refractivity contribution is 1.19. The molecule has 0 aliphatic carbocycles. The van der Waals surface area contributed by atoms with Gasteiger partial charge in [-0.2, -0.15) is 0 Å². The topological polar surface area (TPSA) is 4.93 Å². The summed E-state index contributed by atoms with van der Waals surface area (Å²) < 4.78 is 7.81. The van der Waals surface area contributed by atoms with Crippen molar-refractivity contribution in [2.24, 2.45) is 0 Å². The first-order valence-electron chi connectivity index (χ1n) is 13.2. The molecule has 182 valence electrons. The van der Waals surface area contributed by atoms with Gasteiger partial charge in [0.15, 0.2) is 0 Å². The van der Waals surface area contributed by atoms with E-state index in [2.05, 4.69) is 132 Å². The molecule has 3 heterocycles. The predicted octanol–water partition coefficient (Wildman–Crippen LogP) is 11.2. The van der Waals surface area contributed by atoms with Gasteiger partial charge in [0.2, 0.25) is 0 Å². The van der Waals surface area contributed by atoms with Crippen LogP contribution in [0.25, 0.3) is 79.0 Å². The Morgan fingerprint density at radius 2 is 0.897 bits per heavy atom. The van der Waals surface area contributed by atoms with Crippen molar-refractivity contribution in [3.8, 4) is 16.8 Å². The van der Waals surface area contributed by atoms with Crippen molar-refractivity contribution in [2.75, 3.05) is 0 Å². The zero-order valence-electron chi connectivity index (χ0n) is 20.9. The van der Waals surface area contributed by atoms with Crippen molar-refractivity contribution in [1.29, 1.82) is 0 Å². The van der Waals surface area contributed by atoms with Crippen molar-refractivity contribution in [2.45, 2.75) is 0 Å². The van der Waals surface area contributed by atoms with Crippen molar-refractivity contribution in [1.82, 2.24) is 4.57 Å². The van der Waals surface area contributed by atoms with E-state index < -0.39 is 0 Å². The lowest BCUT2D eigenvalue weighted by Gasteiger charge is -2.08. The van der Waals surface area contributed by atoms with Crippen LogP contribution in [0.1, 0.15) is 0 Å². The number of rotatable bonds is 2. The minimum atomic E-state index is 1.21. The van der Waals surface area contributed by atoms with E-state index >= 15 is 0 Å². The molecule has 0 amide bonds. The molecule has 3 aromatic heterocycles. The molecule has 9 aromatic rings. The van der Waals surface area contributed by atoms with Crippen molar-refractivity contribution < 1.29 is 0 Å². The summed E-state index contributed by atoms with van der Waals surface area (Å²) in [5.41, 5.74) is 6.35. The summed E-state index contributed by atoms with van der Waals surface area (Å²) in [4.78, 5) is 0. The average Bonchev–Trinajstić information content (AvgIpc) is 3.66. The second kappa shape index (κ2) is 8.03. The second-order valence-electron chi connectivity index (χ2n) is 10.1. The highest BCUT2D eigenvalue weighted by atomic mass is 32.1. The SMILES string of the molecule is c1ccc2c(c1)sc1c(-c3cccc4c3sc3ccc(-n5c6ccccc6c6ccccc65)cc34)cccc12. The molecule has 0 bridgehead atoms. The van der Waals surface area contributed by atoms with Crippen molar-refractivity contribution >= 4 is 84.8 Å². The largest absolute Gasteiger partial charge is 0.309 e. The molecular weight excluding hydrogens is 511 g/mol. The third-order valence-corrected chi connectivity index (χ3v) is 10.5. The first-order chi connectivity index (χ1) is 19.3. The highest BCUT2D eigenvalue weighted by molar-refractivity contribution is 7.27. The van der Waals surface area contributed by atoms with Crippen LogP contribution in [0.4, 0.5) is 0 Å². The van der Waals surface area contributed by atoms with Gasteiger partial charge in [-0.25, -0.2) is 0 Å². The summed E-state index contributed by atoms with van der Waals surface area (Å²) in [5, 5.41) is 7.93. The Hall–Kier alpha value is -4.44. The molecule has 0 saturated carbocycles. The maximum absolute atomic E-state index is 2.41. The number of thiophene rings is 2. The van der Waals surface area contributed by atoms with E-state index in [0.717, 1.165) is 0 Å². The fourth-order valence-corrected chi connectivity index (χ4v) is 8.74. The van der Waals surface area contributed by atoms with E-state index in [-0.39, 0.29) is 0 Å². The van der Waals surface area contributed by atoms with E-state index in [1.54, 1.807) is 0 Å². The number of benzene rings is 6. The van der Waals surface area contributed by atoms with Crippen LogP contribution in [0.2, 0.25) is 0 Å². The van der Waals surface area contributed by atoms with Gasteiger partial charge in [-0.3, -0.25) is 0 Å². The Labute approximate surface area is 232 Å². The molecule has 39 heavy (non-hydrogen) atoms. The summed E-state index contributed by atoms with van der Waals surface area (Å²) in [6.45, 7) is 0. The fraction of sp³-hybridized carbons (Fsp3) is 0.